The predicted octanol–water partition coefficient (Wildman–Crippen LogP) is 2.06. The van der Waals surface area contributed by atoms with Crippen LogP contribution in [0.3, 0.4) is 0 Å². The third kappa shape index (κ3) is 3.39. The highest BCUT2D eigenvalue weighted by molar-refractivity contribution is 8.00. The number of esters is 1. The Morgan fingerprint density at radius 2 is 2.25 bits per heavy atom. The zero-order chi connectivity index (χ0) is 12.2. The van der Waals surface area contributed by atoms with Crippen LogP contribution < -0.4 is 5.32 Å². The molecule has 94 valence electrons. The van der Waals surface area contributed by atoms with Crippen molar-refractivity contribution in [3.63, 3.8) is 0 Å². The van der Waals surface area contributed by atoms with Gasteiger partial charge < -0.3 is 10.1 Å². The Hall–Kier alpha value is -0.220. The highest BCUT2D eigenvalue weighted by atomic mass is 32.2. The molecule has 0 aliphatic heterocycles. The number of carbonyl (C=O) groups is 1. The minimum atomic E-state index is -0.106. The molecular weight excluding hydrogens is 222 g/mol. The van der Waals surface area contributed by atoms with E-state index in [1.807, 2.05) is 18.8 Å². The number of hydrogen-bond donors (Lipinski definition) is 1. The van der Waals surface area contributed by atoms with Gasteiger partial charge >= 0.3 is 5.97 Å². The summed E-state index contributed by atoms with van der Waals surface area (Å²) in [5.41, 5.74) is 0.373. The second-order valence-electron chi connectivity index (χ2n) is 5.03. The lowest BCUT2D eigenvalue weighted by atomic mass is 9.87. The van der Waals surface area contributed by atoms with Crippen molar-refractivity contribution in [2.45, 2.75) is 44.4 Å². The first-order chi connectivity index (χ1) is 7.51. The van der Waals surface area contributed by atoms with Crippen molar-refractivity contribution in [1.29, 1.82) is 0 Å². The molecule has 1 saturated carbocycles. The van der Waals surface area contributed by atoms with Crippen LogP contribution in [0.1, 0.15) is 33.1 Å². The highest BCUT2D eigenvalue weighted by Crippen LogP contribution is 2.42. The Kier molecular flexibility index (Phi) is 5.12. The summed E-state index contributed by atoms with van der Waals surface area (Å²) in [5, 5.41) is 4.05. The van der Waals surface area contributed by atoms with Crippen LogP contribution >= 0.6 is 11.8 Å². The second kappa shape index (κ2) is 5.92. The van der Waals surface area contributed by atoms with Crippen LogP contribution in [0, 0.1) is 5.41 Å². The van der Waals surface area contributed by atoms with Gasteiger partial charge in [0.1, 0.15) is 0 Å². The molecule has 0 aromatic rings. The van der Waals surface area contributed by atoms with E-state index >= 15 is 0 Å². The van der Waals surface area contributed by atoms with E-state index in [-0.39, 0.29) is 5.97 Å². The molecule has 0 spiro atoms. The van der Waals surface area contributed by atoms with Gasteiger partial charge in [-0.15, -0.1) is 0 Å². The van der Waals surface area contributed by atoms with Gasteiger partial charge in [0.2, 0.25) is 0 Å². The number of methoxy groups -OCH3 is 1. The van der Waals surface area contributed by atoms with Gasteiger partial charge in [-0.2, -0.15) is 11.8 Å². The molecule has 0 amide bonds. The van der Waals surface area contributed by atoms with Gasteiger partial charge in [0.25, 0.3) is 0 Å². The van der Waals surface area contributed by atoms with Crippen molar-refractivity contribution in [1.82, 2.24) is 5.32 Å². The van der Waals surface area contributed by atoms with Crippen LogP contribution in [0.4, 0.5) is 0 Å². The third-order valence-electron chi connectivity index (χ3n) is 3.46. The van der Waals surface area contributed by atoms with Crippen molar-refractivity contribution in [2.24, 2.45) is 5.41 Å². The van der Waals surface area contributed by atoms with Crippen LogP contribution in [0.5, 0.6) is 0 Å². The largest absolute Gasteiger partial charge is 0.469 e. The summed E-state index contributed by atoms with van der Waals surface area (Å²) in [5.74, 6) is 0.761. The van der Waals surface area contributed by atoms with E-state index in [0.29, 0.717) is 23.1 Å². The molecule has 0 heterocycles. The van der Waals surface area contributed by atoms with Crippen LogP contribution in [0.25, 0.3) is 0 Å². The van der Waals surface area contributed by atoms with Gasteiger partial charge in [0.15, 0.2) is 0 Å². The molecule has 1 aliphatic carbocycles. The smallest absolute Gasteiger partial charge is 0.306 e. The summed E-state index contributed by atoms with van der Waals surface area (Å²) >= 11 is 1.90. The summed E-state index contributed by atoms with van der Waals surface area (Å²) in [7, 11) is 3.48. The fourth-order valence-corrected chi connectivity index (χ4v) is 4.06. The molecule has 1 aliphatic rings. The van der Waals surface area contributed by atoms with Crippen molar-refractivity contribution in [3.8, 4) is 0 Å². The van der Waals surface area contributed by atoms with Crippen molar-refractivity contribution in [3.05, 3.63) is 0 Å². The van der Waals surface area contributed by atoms with E-state index in [9.17, 15) is 4.79 Å². The molecule has 1 rings (SSSR count). The van der Waals surface area contributed by atoms with E-state index < -0.39 is 0 Å². The summed E-state index contributed by atoms with van der Waals surface area (Å²) in [6, 6.07) is 0.551. The average molecular weight is 245 g/mol. The van der Waals surface area contributed by atoms with Gasteiger partial charge in [-0.05, 0) is 25.3 Å². The number of thioether (sulfide) groups is 1. The van der Waals surface area contributed by atoms with Crippen molar-refractivity contribution in [2.75, 3.05) is 19.9 Å². The van der Waals surface area contributed by atoms with Gasteiger partial charge in [-0.25, -0.2) is 0 Å². The Bertz CT molecular complexity index is 243. The van der Waals surface area contributed by atoms with Gasteiger partial charge in [0, 0.05) is 17.0 Å². The molecule has 0 radical (unpaired) electrons. The quantitative estimate of drug-likeness (QED) is 0.753. The molecule has 3 nitrogen and oxygen atoms in total. The monoisotopic (exact) mass is 245 g/mol. The fourth-order valence-electron chi connectivity index (χ4n) is 2.49. The first-order valence-electron chi connectivity index (χ1n) is 5.87. The summed E-state index contributed by atoms with van der Waals surface area (Å²) in [6.07, 6.45) is 3.02. The maximum Gasteiger partial charge on any atom is 0.306 e. The average Bonchev–Trinajstić information content (AvgIpc) is 2.53. The molecule has 4 heteroatoms. The normalized spacial score (nSPS) is 28.0. The van der Waals surface area contributed by atoms with Crippen molar-refractivity contribution >= 4 is 17.7 Å². The number of ether oxygens (including phenoxy) is 1. The van der Waals surface area contributed by atoms with Crippen molar-refractivity contribution < 1.29 is 9.53 Å². The maximum atomic E-state index is 11.0. The second-order valence-corrected chi connectivity index (χ2v) is 6.38. The van der Waals surface area contributed by atoms with Crippen LogP contribution in [-0.4, -0.2) is 37.2 Å². The molecule has 0 aromatic heterocycles. The van der Waals surface area contributed by atoms with E-state index in [2.05, 4.69) is 23.9 Å². The number of rotatable bonds is 5. The molecule has 2 unspecified atom stereocenters. The molecule has 2 atom stereocenters. The Morgan fingerprint density at radius 1 is 1.56 bits per heavy atom. The minimum absolute atomic E-state index is 0.106. The third-order valence-corrected chi connectivity index (χ3v) is 4.84. The first-order valence-corrected chi connectivity index (χ1v) is 6.92. The first kappa shape index (κ1) is 13.8. The van der Waals surface area contributed by atoms with Crippen LogP contribution in [0.15, 0.2) is 0 Å². The van der Waals surface area contributed by atoms with E-state index in [1.54, 1.807) is 0 Å². The zero-order valence-corrected chi connectivity index (χ0v) is 11.5. The number of hydrogen-bond acceptors (Lipinski definition) is 4. The fraction of sp³-hybridized carbons (Fsp3) is 0.917. The molecule has 0 saturated heterocycles. The molecule has 16 heavy (non-hydrogen) atoms. The highest BCUT2D eigenvalue weighted by Gasteiger charge is 2.40. The predicted molar refractivity (Wildman–Crippen MR) is 68.7 cm³/mol. The maximum absolute atomic E-state index is 11.0. The van der Waals surface area contributed by atoms with Gasteiger partial charge in [0.05, 0.1) is 13.5 Å². The Balaban J connectivity index is 2.35. The minimum Gasteiger partial charge on any atom is -0.469 e. The lowest BCUT2D eigenvalue weighted by molar-refractivity contribution is -0.140. The zero-order valence-electron chi connectivity index (χ0n) is 10.7. The van der Waals surface area contributed by atoms with Crippen LogP contribution in [-0.2, 0) is 9.53 Å². The van der Waals surface area contributed by atoms with E-state index in [4.69, 9.17) is 0 Å². The summed E-state index contributed by atoms with van der Waals surface area (Å²) in [4.78, 5) is 11.0. The number of carbonyl (C=O) groups excluding carboxylic acids is 1. The Labute approximate surface area is 103 Å². The molecule has 1 fully saturated rings. The molecule has 0 bridgehead atoms. The number of nitrogens with one attached hydrogen (secondary N) is 1. The molecule has 0 aromatic carbocycles. The Morgan fingerprint density at radius 3 is 2.81 bits per heavy atom. The molecular formula is C12H23NO2S. The van der Waals surface area contributed by atoms with E-state index in [1.165, 1.54) is 20.0 Å². The standard InChI is InChI=1S/C12H23NO2S/c1-12(2)7-5-9(11(12)13-3)16-8-6-10(14)15-4/h9,11,13H,5-8H2,1-4H3. The lowest BCUT2D eigenvalue weighted by Crippen LogP contribution is -2.41. The van der Waals surface area contributed by atoms with E-state index in [0.717, 1.165) is 5.75 Å². The van der Waals surface area contributed by atoms with Crippen LogP contribution in [0.2, 0.25) is 0 Å². The SMILES string of the molecule is CNC1C(SCCC(=O)OC)CCC1(C)C. The van der Waals surface area contributed by atoms with Gasteiger partial charge in [-0.3, -0.25) is 4.79 Å². The van der Waals surface area contributed by atoms with Gasteiger partial charge in [-0.1, -0.05) is 13.8 Å². The molecule has 1 N–H and O–H groups in total. The lowest BCUT2D eigenvalue weighted by Gasteiger charge is -2.30. The summed E-state index contributed by atoms with van der Waals surface area (Å²) < 4.78 is 4.64. The summed E-state index contributed by atoms with van der Waals surface area (Å²) in [6.45, 7) is 4.63. The topological polar surface area (TPSA) is 38.3 Å².